The average molecular weight is 387 g/mol. The molecule has 1 aromatic rings. The van der Waals surface area contributed by atoms with Crippen LogP contribution >= 0.6 is 46.4 Å². The normalized spacial score (nSPS) is 10.7. The van der Waals surface area contributed by atoms with Gasteiger partial charge in [0, 0.05) is 18.3 Å². The van der Waals surface area contributed by atoms with Crippen molar-refractivity contribution in [1.29, 1.82) is 0 Å². The topological polar surface area (TPSA) is 50.7 Å². The molecule has 0 saturated carbocycles. The SMILES string of the molecule is Oc1cc(Cl)c(OCCCC=CNOCC=C(Cl)Cl)c(Cl)c1. The molecule has 4 nitrogen and oxygen atoms in total. The molecule has 8 heteroatoms. The van der Waals surface area contributed by atoms with Crippen LogP contribution in [0.2, 0.25) is 10.0 Å². The largest absolute Gasteiger partial charge is 0.508 e. The van der Waals surface area contributed by atoms with E-state index in [9.17, 15) is 5.11 Å². The molecule has 0 aliphatic heterocycles. The van der Waals surface area contributed by atoms with Crippen molar-refractivity contribution in [3.8, 4) is 11.5 Å². The molecule has 0 aliphatic carbocycles. The highest BCUT2D eigenvalue weighted by molar-refractivity contribution is 6.55. The van der Waals surface area contributed by atoms with Crippen LogP contribution in [0.1, 0.15) is 12.8 Å². The Kier molecular flexibility index (Phi) is 9.52. The molecule has 0 radical (unpaired) electrons. The van der Waals surface area contributed by atoms with Gasteiger partial charge in [0.2, 0.25) is 0 Å². The molecule has 0 heterocycles. The monoisotopic (exact) mass is 385 g/mol. The number of rotatable bonds is 9. The molecule has 0 unspecified atom stereocenters. The van der Waals surface area contributed by atoms with Gasteiger partial charge >= 0.3 is 0 Å². The fraction of sp³-hybridized carbons (Fsp3) is 0.286. The average Bonchev–Trinajstić information content (AvgIpc) is 2.42. The van der Waals surface area contributed by atoms with Crippen LogP contribution in [-0.4, -0.2) is 18.3 Å². The van der Waals surface area contributed by atoms with E-state index in [1.54, 1.807) is 6.20 Å². The van der Waals surface area contributed by atoms with Gasteiger partial charge in [0.15, 0.2) is 5.75 Å². The van der Waals surface area contributed by atoms with Crippen LogP contribution in [-0.2, 0) is 4.84 Å². The summed E-state index contributed by atoms with van der Waals surface area (Å²) in [7, 11) is 0. The fourth-order valence-electron chi connectivity index (χ4n) is 1.39. The molecular formula is C14H15Cl4NO3. The second-order valence-corrected chi connectivity index (χ2v) is 5.88. The second-order valence-electron chi connectivity index (χ2n) is 4.05. The predicted molar refractivity (Wildman–Crippen MR) is 90.9 cm³/mol. The Labute approximate surface area is 149 Å². The maximum atomic E-state index is 9.31. The van der Waals surface area contributed by atoms with Gasteiger partial charge in [-0.3, -0.25) is 10.3 Å². The van der Waals surface area contributed by atoms with Crippen LogP contribution < -0.4 is 10.2 Å². The van der Waals surface area contributed by atoms with E-state index in [4.69, 9.17) is 56.0 Å². The first-order chi connectivity index (χ1) is 10.5. The number of benzene rings is 1. The molecule has 122 valence electrons. The molecule has 0 bridgehead atoms. The van der Waals surface area contributed by atoms with Gasteiger partial charge in [-0.1, -0.05) is 52.5 Å². The third-order valence-electron chi connectivity index (χ3n) is 2.33. The summed E-state index contributed by atoms with van der Waals surface area (Å²) in [6, 6.07) is 2.76. The summed E-state index contributed by atoms with van der Waals surface area (Å²) in [5, 5.41) is 9.87. The summed E-state index contributed by atoms with van der Waals surface area (Å²) < 4.78 is 5.66. The zero-order valence-corrected chi connectivity index (χ0v) is 14.5. The Balaban J connectivity index is 2.17. The lowest BCUT2D eigenvalue weighted by atomic mass is 10.3. The number of aromatic hydroxyl groups is 1. The number of phenols is 1. The number of hydrogen-bond donors (Lipinski definition) is 2. The van der Waals surface area contributed by atoms with E-state index in [1.807, 2.05) is 6.08 Å². The number of hydrogen-bond acceptors (Lipinski definition) is 4. The van der Waals surface area contributed by atoms with Gasteiger partial charge in [-0.25, -0.2) is 0 Å². The molecule has 0 atom stereocenters. The van der Waals surface area contributed by atoms with Crippen molar-refractivity contribution >= 4 is 46.4 Å². The Morgan fingerprint density at radius 2 is 1.91 bits per heavy atom. The third kappa shape index (κ3) is 8.01. The van der Waals surface area contributed by atoms with E-state index in [1.165, 1.54) is 18.2 Å². The van der Waals surface area contributed by atoms with Crippen LogP contribution in [0.3, 0.4) is 0 Å². The fourth-order valence-corrected chi connectivity index (χ4v) is 2.10. The number of ether oxygens (including phenoxy) is 1. The first-order valence-electron chi connectivity index (χ1n) is 6.35. The van der Waals surface area contributed by atoms with E-state index in [-0.39, 0.29) is 26.9 Å². The summed E-state index contributed by atoms with van der Waals surface area (Å²) in [4.78, 5) is 4.99. The minimum atomic E-state index is 0.00153. The first-order valence-corrected chi connectivity index (χ1v) is 7.86. The van der Waals surface area contributed by atoms with Crippen LogP contribution in [0, 0.1) is 0 Å². The van der Waals surface area contributed by atoms with Gasteiger partial charge in [-0.15, -0.1) is 0 Å². The molecule has 0 fully saturated rings. The standard InChI is InChI=1S/C14H15Cl4NO3/c15-11-8-10(20)9-12(16)14(11)21-6-3-1-2-5-19-22-7-4-13(17)18/h2,4-5,8-9,19-20H,1,3,6-7H2. The first kappa shape index (κ1) is 19.3. The predicted octanol–water partition coefficient (Wildman–Crippen LogP) is 5.21. The minimum absolute atomic E-state index is 0.00153. The second kappa shape index (κ2) is 10.9. The molecule has 1 aromatic carbocycles. The molecule has 0 spiro atoms. The van der Waals surface area contributed by atoms with Crippen LogP contribution in [0.4, 0.5) is 0 Å². The summed E-state index contributed by atoms with van der Waals surface area (Å²) in [5.41, 5.74) is 2.62. The van der Waals surface area contributed by atoms with Gasteiger partial charge in [0.1, 0.15) is 10.2 Å². The summed E-state index contributed by atoms with van der Waals surface area (Å²) in [6.45, 7) is 0.716. The van der Waals surface area contributed by atoms with Gasteiger partial charge in [-0.2, -0.15) is 0 Å². The van der Waals surface area contributed by atoms with E-state index >= 15 is 0 Å². The lowest BCUT2D eigenvalue weighted by molar-refractivity contribution is 0.0952. The molecule has 0 amide bonds. The zero-order chi connectivity index (χ0) is 16.4. The van der Waals surface area contributed by atoms with Gasteiger partial charge in [0.25, 0.3) is 0 Å². The summed E-state index contributed by atoms with van der Waals surface area (Å²) in [5.74, 6) is 0.373. The highest BCUT2D eigenvalue weighted by Gasteiger charge is 2.08. The number of unbranched alkanes of at least 4 members (excludes halogenated alkanes) is 1. The summed E-state index contributed by atoms with van der Waals surface area (Å²) >= 11 is 22.7. The van der Waals surface area contributed by atoms with Gasteiger partial charge in [0.05, 0.1) is 23.3 Å². The molecule has 0 saturated heterocycles. The molecule has 0 aliphatic rings. The van der Waals surface area contributed by atoms with E-state index in [2.05, 4.69) is 5.48 Å². The Morgan fingerprint density at radius 1 is 1.23 bits per heavy atom. The Bertz CT molecular complexity index is 508. The van der Waals surface area contributed by atoms with Crippen molar-refractivity contribution in [3.05, 3.63) is 45.0 Å². The third-order valence-corrected chi connectivity index (χ3v) is 3.20. The van der Waals surface area contributed by atoms with E-state index in [0.717, 1.165) is 12.8 Å². The molecule has 0 aromatic heterocycles. The smallest absolute Gasteiger partial charge is 0.156 e. The van der Waals surface area contributed by atoms with Crippen molar-refractivity contribution in [3.63, 3.8) is 0 Å². The van der Waals surface area contributed by atoms with Crippen molar-refractivity contribution in [1.82, 2.24) is 5.48 Å². The lowest BCUT2D eigenvalue weighted by Gasteiger charge is -2.09. The molecular weight excluding hydrogens is 372 g/mol. The van der Waals surface area contributed by atoms with E-state index in [0.29, 0.717) is 12.4 Å². The zero-order valence-electron chi connectivity index (χ0n) is 11.5. The number of hydroxylamine groups is 1. The Hall–Kier alpha value is -0.780. The quantitative estimate of drug-likeness (QED) is 0.451. The van der Waals surface area contributed by atoms with Crippen molar-refractivity contribution < 1.29 is 14.7 Å². The summed E-state index contributed by atoms with van der Waals surface area (Å²) in [6.07, 6.45) is 6.60. The van der Waals surface area contributed by atoms with Crippen molar-refractivity contribution in [2.24, 2.45) is 0 Å². The number of halogens is 4. The number of allylic oxidation sites excluding steroid dienone is 1. The van der Waals surface area contributed by atoms with E-state index < -0.39 is 0 Å². The number of phenolic OH excluding ortho intramolecular Hbond substituents is 1. The number of nitrogens with one attached hydrogen (secondary N) is 1. The van der Waals surface area contributed by atoms with Gasteiger partial charge in [-0.05, 0) is 18.9 Å². The van der Waals surface area contributed by atoms with Gasteiger partial charge < -0.3 is 9.84 Å². The van der Waals surface area contributed by atoms with Crippen LogP contribution in [0.5, 0.6) is 11.5 Å². The maximum absolute atomic E-state index is 9.31. The van der Waals surface area contributed by atoms with Crippen molar-refractivity contribution in [2.75, 3.05) is 13.2 Å². The molecule has 22 heavy (non-hydrogen) atoms. The highest BCUT2D eigenvalue weighted by atomic mass is 35.5. The Morgan fingerprint density at radius 3 is 2.55 bits per heavy atom. The van der Waals surface area contributed by atoms with Crippen molar-refractivity contribution in [2.45, 2.75) is 12.8 Å². The van der Waals surface area contributed by atoms with Crippen LogP contribution in [0.15, 0.2) is 35.0 Å². The maximum Gasteiger partial charge on any atom is 0.156 e. The molecule has 2 N–H and O–H groups in total. The molecule has 1 rings (SSSR count). The van der Waals surface area contributed by atoms with Crippen LogP contribution in [0.25, 0.3) is 0 Å². The lowest BCUT2D eigenvalue weighted by Crippen LogP contribution is -2.06. The minimum Gasteiger partial charge on any atom is -0.508 e. The highest BCUT2D eigenvalue weighted by Crippen LogP contribution is 2.36.